The molecule has 1 heterocycles. The number of carbonyl (C=O) groups is 4. The molecule has 1 atom stereocenters. The summed E-state index contributed by atoms with van der Waals surface area (Å²) in [5.41, 5.74) is -2.74. The Morgan fingerprint density at radius 3 is 1.73 bits per heavy atom. The number of hydrogen-bond donors (Lipinski definition) is 4. The van der Waals surface area contributed by atoms with E-state index in [1.54, 1.807) is 6.08 Å². The van der Waals surface area contributed by atoms with Crippen LogP contribution in [0.25, 0.3) is 0 Å². The van der Waals surface area contributed by atoms with Crippen LogP contribution < -0.4 is 34.7 Å². The molecule has 9 nitrogen and oxygen atoms in total. The second kappa shape index (κ2) is 11.6. The third kappa shape index (κ3) is 9.94. The van der Waals surface area contributed by atoms with Gasteiger partial charge in [-0.3, -0.25) is 9.59 Å². The van der Waals surface area contributed by atoms with E-state index < -0.39 is 42.3 Å². The van der Waals surface area contributed by atoms with Crippen molar-refractivity contribution in [3.63, 3.8) is 0 Å². The van der Waals surface area contributed by atoms with Gasteiger partial charge in [-0.15, -0.1) is 0 Å². The number of rotatable bonds is 6. The fourth-order valence-electron chi connectivity index (χ4n) is 1.06. The van der Waals surface area contributed by atoms with Gasteiger partial charge in [-0.1, -0.05) is 0 Å². The van der Waals surface area contributed by atoms with Crippen LogP contribution in [0.15, 0.2) is 10.2 Å². The van der Waals surface area contributed by atoms with Crippen LogP contribution in [0, 0.1) is 0 Å². The first-order valence-electron chi connectivity index (χ1n) is 5.17. The van der Waals surface area contributed by atoms with Gasteiger partial charge >= 0.3 is 112 Å². The van der Waals surface area contributed by atoms with Gasteiger partial charge in [0, 0.05) is 0 Å². The molecular formula is C10H13I2NaO9. The van der Waals surface area contributed by atoms with E-state index >= 15 is 0 Å². The molecule has 22 heavy (non-hydrogen) atoms. The summed E-state index contributed by atoms with van der Waals surface area (Å²) >= 11 is -0.116. The normalized spacial score (nSPS) is 16.7. The molecule has 0 aromatic carbocycles. The van der Waals surface area contributed by atoms with E-state index in [1.165, 1.54) is 0 Å². The van der Waals surface area contributed by atoms with Crippen molar-refractivity contribution in [1.29, 1.82) is 0 Å². The van der Waals surface area contributed by atoms with Crippen molar-refractivity contribution >= 4 is 58.3 Å². The molecule has 0 saturated carbocycles. The van der Waals surface area contributed by atoms with Crippen LogP contribution in [-0.2, 0) is 19.2 Å². The summed E-state index contributed by atoms with van der Waals surface area (Å²) in [6.45, 7) is 0. The molecule has 12 heteroatoms. The first-order chi connectivity index (χ1) is 9.58. The zero-order chi connectivity index (χ0) is 16.6. The van der Waals surface area contributed by atoms with Crippen molar-refractivity contribution in [3.8, 4) is 0 Å². The van der Waals surface area contributed by atoms with Crippen LogP contribution >= 0.6 is 34.5 Å². The van der Waals surface area contributed by atoms with Gasteiger partial charge in [0.15, 0.2) is 5.60 Å². The van der Waals surface area contributed by atoms with E-state index in [0.29, 0.717) is 0 Å². The van der Waals surface area contributed by atoms with Crippen LogP contribution in [0.4, 0.5) is 0 Å². The van der Waals surface area contributed by atoms with Crippen LogP contribution in [0.1, 0.15) is 12.8 Å². The van der Waals surface area contributed by atoms with Crippen molar-refractivity contribution in [2.24, 2.45) is 0 Å². The molecule has 1 unspecified atom stereocenters. The Labute approximate surface area is 163 Å². The van der Waals surface area contributed by atoms with Crippen molar-refractivity contribution in [2.45, 2.75) is 22.4 Å². The number of aliphatic hydroxyl groups is 1. The molecule has 122 valence electrons. The summed E-state index contributed by atoms with van der Waals surface area (Å²) in [6, 6.07) is 0. The van der Waals surface area contributed by atoms with Gasteiger partial charge in [0.1, 0.15) is 0 Å². The average molecular weight is 554 g/mol. The van der Waals surface area contributed by atoms with E-state index in [2.05, 4.69) is 4.08 Å². The third-order valence-corrected chi connectivity index (χ3v) is 12.9. The minimum atomic E-state index is -2.74. The number of hydrogen-bond acceptors (Lipinski definition) is 6. The molecule has 0 aromatic rings. The number of carbonyl (C=O) groups excluding carboxylic acids is 1. The minimum absolute atomic E-state index is 0. The molecule has 4 N–H and O–H groups in total. The summed E-state index contributed by atoms with van der Waals surface area (Å²) in [7, 11) is 0. The Morgan fingerprint density at radius 2 is 1.55 bits per heavy atom. The number of carboxylic acids is 4. The second-order valence-electron chi connectivity index (χ2n) is 3.74. The molecule has 0 radical (unpaired) electrons. The number of carboxylic acid groups (broad SMARTS) is 4. The summed E-state index contributed by atoms with van der Waals surface area (Å²) in [5.74, 6) is -5.87. The van der Waals surface area contributed by atoms with Crippen molar-refractivity contribution in [2.75, 3.05) is 0 Å². The van der Waals surface area contributed by atoms with E-state index in [-0.39, 0.29) is 67.9 Å². The summed E-state index contributed by atoms with van der Waals surface area (Å²) in [5, 5.41) is 43.9. The van der Waals surface area contributed by atoms with Crippen LogP contribution in [0.2, 0.25) is 0 Å². The van der Waals surface area contributed by atoms with Gasteiger partial charge in [0.25, 0.3) is 0 Å². The smallest absolute Gasteiger partial charge is 1.00 e. The molecule has 0 aliphatic carbocycles. The molecule has 1 aliphatic heterocycles. The first kappa shape index (κ1) is 24.3. The van der Waals surface area contributed by atoms with E-state index in [0.717, 1.165) is 0 Å². The van der Waals surface area contributed by atoms with Gasteiger partial charge in [-0.05, 0) is 0 Å². The molecular weight excluding hydrogens is 541 g/mol. The molecule has 0 spiro atoms. The standard InChI is InChI=1S/C6H8O7.C4H6I2O2.Na/c7-3(8)1-6(13,5(11)12)2-4(9)10;7-4(8)3-1-2-5-6-3;/h13H,1-2H2,(H,7,8)(H,9,10)(H,11,12);1-3,5-6H,(H,7,8);/q;;+1/p-1. The van der Waals surface area contributed by atoms with Crippen LogP contribution in [-0.4, -0.2) is 53.8 Å². The van der Waals surface area contributed by atoms with Gasteiger partial charge in [-0.2, -0.15) is 0 Å². The molecule has 0 bridgehead atoms. The molecule has 1 rings (SSSR count). The zero-order valence-electron chi connectivity index (χ0n) is 11.3. The number of aliphatic carboxylic acids is 4. The van der Waals surface area contributed by atoms with E-state index in [1.807, 2.05) is 0 Å². The Balaban J connectivity index is 0. The molecule has 1 aliphatic rings. The monoisotopic (exact) mass is 554 g/mol. The Hall–Kier alpha value is 0.0400. The molecule has 0 saturated heterocycles. The topological polar surface area (TPSA) is 172 Å². The summed E-state index contributed by atoms with van der Waals surface area (Å²) < 4.78 is 1.94. The summed E-state index contributed by atoms with van der Waals surface area (Å²) in [6.07, 6.45) is -0.483. The van der Waals surface area contributed by atoms with Crippen molar-refractivity contribution in [3.05, 3.63) is 10.2 Å². The largest absolute Gasteiger partial charge is 1.00 e. The van der Waals surface area contributed by atoms with Gasteiger partial charge in [-0.25, -0.2) is 4.79 Å². The van der Waals surface area contributed by atoms with Gasteiger partial charge < -0.3 is 20.4 Å². The predicted molar refractivity (Wildman–Crippen MR) is 85.9 cm³/mol. The fourth-order valence-corrected chi connectivity index (χ4v) is 11.3. The average Bonchev–Trinajstić information content (AvgIpc) is 2.80. The SMILES string of the molecule is O=C(O)CC(O)(CC(=O)O)C(=O)O.O=C([O-])C1C=C[IH][IH]1.[Na+]. The Bertz CT molecular complexity index is 449. The number of halogens is 2. The van der Waals surface area contributed by atoms with Gasteiger partial charge in [0.2, 0.25) is 0 Å². The minimum Gasteiger partial charge on any atom is 1.00 e. The van der Waals surface area contributed by atoms with Crippen LogP contribution in [0.3, 0.4) is 0 Å². The van der Waals surface area contributed by atoms with E-state index in [4.69, 9.17) is 20.4 Å². The Kier molecular flexibility index (Phi) is 12.8. The second-order valence-corrected chi connectivity index (χ2v) is 14.4. The third-order valence-electron chi connectivity index (χ3n) is 1.99. The molecule has 0 fully saturated rings. The maximum atomic E-state index is 10.3. The maximum Gasteiger partial charge on any atom is 1.00 e. The first-order valence-corrected chi connectivity index (χ1v) is 15.2. The number of alkyl halides is 1. The van der Waals surface area contributed by atoms with E-state index in [9.17, 15) is 24.3 Å². The van der Waals surface area contributed by atoms with Crippen LogP contribution in [0.5, 0.6) is 0 Å². The quantitative estimate of drug-likeness (QED) is 0.144. The summed E-state index contributed by atoms with van der Waals surface area (Å²) in [4.78, 5) is 40.6. The molecule has 0 amide bonds. The van der Waals surface area contributed by atoms with Crippen molar-refractivity contribution in [1.82, 2.24) is 0 Å². The fraction of sp³-hybridized carbons (Fsp3) is 0.400. The molecule has 0 aromatic heterocycles. The zero-order valence-corrected chi connectivity index (χ0v) is 18.0. The predicted octanol–water partition coefficient (Wildman–Crippen LogP) is -4.29. The van der Waals surface area contributed by atoms with Gasteiger partial charge in [0.05, 0.1) is 12.8 Å². The maximum absolute atomic E-state index is 10.3. The van der Waals surface area contributed by atoms with Crippen molar-refractivity contribution < 1.29 is 74.3 Å². The Morgan fingerprint density at radius 1 is 1.09 bits per heavy atom.